The van der Waals surface area contributed by atoms with Gasteiger partial charge >= 0.3 is 0 Å². The van der Waals surface area contributed by atoms with E-state index in [1.165, 1.54) is 17.5 Å². The molecule has 0 aliphatic rings. The standard InChI is InChI=1S/C10H14O3S.C8H8N2/c1-2-3-9-13-14(11,12)10-7-5-4-6-8-10;9-8-5-6-3-1-2-4-7(6)10-8/h4-8H,2-3,9H2,1H3;1-5,10H,9H2. The van der Waals surface area contributed by atoms with Crippen molar-refractivity contribution in [3.8, 4) is 0 Å². The Morgan fingerprint density at radius 2 is 1.71 bits per heavy atom. The number of fused-ring (bicyclic) bond motifs is 1. The predicted octanol–water partition coefficient (Wildman–Crippen LogP) is 3.94. The first kappa shape index (κ1) is 18.0. The Morgan fingerprint density at radius 3 is 2.38 bits per heavy atom. The molecule has 0 unspecified atom stereocenters. The Kier molecular flexibility index (Phi) is 6.40. The molecule has 0 amide bonds. The molecule has 3 rings (SSSR count). The summed E-state index contributed by atoms with van der Waals surface area (Å²) in [6.45, 7) is 2.24. The number of nitrogen functional groups attached to an aromatic ring is 1. The molecule has 0 bridgehead atoms. The van der Waals surface area contributed by atoms with Crippen LogP contribution in [-0.2, 0) is 14.3 Å². The fourth-order valence-corrected chi connectivity index (χ4v) is 3.03. The molecule has 0 radical (unpaired) electrons. The summed E-state index contributed by atoms with van der Waals surface area (Å²) in [5.74, 6) is 0.723. The van der Waals surface area contributed by atoms with Crippen molar-refractivity contribution in [2.24, 2.45) is 0 Å². The van der Waals surface area contributed by atoms with Crippen LogP contribution in [0.2, 0.25) is 0 Å². The number of hydrogen-bond acceptors (Lipinski definition) is 4. The lowest BCUT2D eigenvalue weighted by Gasteiger charge is -2.03. The number of nitrogens with two attached hydrogens (primary N) is 1. The molecule has 3 aromatic rings. The summed E-state index contributed by atoms with van der Waals surface area (Å²) in [5, 5.41) is 1.17. The van der Waals surface area contributed by atoms with Gasteiger partial charge in [-0.1, -0.05) is 49.7 Å². The first-order valence-electron chi connectivity index (χ1n) is 7.80. The molecule has 24 heavy (non-hydrogen) atoms. The quantitative estimate of drug-likeness (QED) is 0.541. The summed E-state index contributed by atoms with van der Waals surface area (Å²) < 4.78 is 27.8. The average molecular weight is 346 g/mol. The Bertz CT molecular complexity index is 825. The van der Waals surface area contributed by atoms with Crippen molar-refractivity contribution in [3.63, 3.8) is 0 Å². The van der Waals surface area contributed by atoms with Gasteiger partial charge in [-0.25, -0.2) is 0 Å². The second kappa shape index (κ2) is 8.52. The largest absolute Gasteiger partial charge is 0.385 e. The summed E-state index contributed by atoms with van der Waals surface area (Å²) in [7, 11) is -3.53. The monoisotopic (exact) mass is 346 g/mol. The van der Waals surface area contributed by atoms with Gasteiger partial charge in [-0.15, -0.1) is 0 Å². The fraction of sp³-hybridized carbons (Fsp3) is 0.222. The van der Waals surface area contributed by atoms with Gasteiger partial charge in [0.1, 0.15) is 5.82 Å². The van der Waals surface area contributed by atoms with E-state index >= 15 is 0 Å². The number of unbranched alkanes of at least 4 members (excludes halogenated alkanes) is 1. The number of hydrogen-bond donors (Lipinski definition) is 2. The zero-order chi connectivity index (χ0) is 17.4. The zero-order valence-electron chi connectivity index (χ0n) is 13.6. The molecule has 0 atom stereocenters. The van der Waals surface area contributed by atoms with Crippen molar-refractivity contribution < 1.29 is 12.6 Å². The summed E-state index contributed by atoms with van der Waals surface area (Å²) in [4.78, 5) is 3.25. The van der Waals surface area contributed by atoms with Crippen molar-refractivity contribution in [3.05, 3.63) is 60.7 Å². The van der Waals surface area contributed by atoms with Crippen LogP contribution in [0, 0.1) is 0 Å². The van der Waals surface area contributed by atoms with Crippen LogP contribution in [0.4, 0.5) is 5.82 Å². The van der Waals surface area contributed by atoms with Gasteiger partial charge in [-0.05, 0) is 30.7 Å². The summed E-state index contributed by atoms with van der Waals surface area (Å²) in [6, 6.07) is 18.1. The van der Waals surface area contributed by atoms with Crippen LogP contribution in [0.15, 0.2) is 65.6 Å². The van der Waals surface area contributed by atoms with E-state index in [2.05, 4.69) is 4.98 Å². The van der Waals surface area contributed by atoms with E-state index in [0.29, 0.717) is 0 Å². The first-order valence-corrected chi connectivity index (χ1v) is 9.21. The number of H-pyrrole nitrogens is 1. The highest BCUT2D eigenvalue weighted by atomic mass is 32.2. The minimum Gasteiger partial charge on any atom is -0.385 e. The minimum absolute atomic E-state index is 0.219. The van der Waals surface area contributed by atoms with Crippen molar-refractivity contribution >= 4 is 26.8 Å². The van der Waals surface area contributed by atoms with E-state index in [9.17, 15) is 8.42 Å². The van der Waals surface area contributed by atoms with Gasteiger partial charge < -0.3 is 10.7 Å². The molecule has 0 saturated carbocycles. The SMILES string of the molecule is CCCCOS(=O)(=O)c1ccccc1.Nc1cc2ccccc2[nH]1. The van der Waals surface area contributed by atoms with E-state index in [1.807, 2.05) is 37.3 Å². The van der Waals surface area contributed by atoms with Crippen LogP contribution in [-0.4, -0.2) is 20.0 Å². The zero-order valence-corrected chi connectivity index (χ0v) is 14.4. The van der Waals surface area contributed by atoms with E-state index in [4.69, 9.17) is 9.92 Å². The lowest BCUT2D eigenvalue weighted by atomic mass is 10.3. The molecule has 1 aromatic heterocycles. The molecule has 1 heterocycles. The van der Waals surface area contributed by atoms with Gasteiger partial charge in [0.2, 0.25) is 0 Å². The van der Waals surface area contributed by atoms with Crippen molar-refractivity contribution in [1.82, 2.24) is 4.98 Å². The third-order valence-corrected chi connectivity index (χ3v) is 4.65. The van der Waals surface area contributed by atoms with Crippen LogP contribution in [0.5, 0.6) is 0 Å². The Morgan fingerprint density at radius 1 is 1.04 bits per heavy atom. The molecule has 128 valence electrons. The van der Waals surface area contributed by atoms with Gasteiger partial charge in [0.25, 0.3) is 10.1 Å². The van der Waals surface area contributed by atoms with Gasteiger partial charge in [0, 0.05) is 10.9 Å². The molecule has 2 aromatic carbocycles. The van der Waals surface area contributed by atoms with E-state index in [1.54, 1.807) is 18.2 Å². The number of benzene rings is 2. The lowest BCUT2D eigenvalue weighted by molar-refractivity contribution is 0.311. The van der Waals surface area contributed by atoms with Crippen molar-refractivity contribution in [2.75, 3.05) is 12.3 Å². The van der Waals surface area contributed by atoms with E-state index in [0.717, 1.165) is 24.2 Å². The molecular weight excluding hydrogens is 324 g/mol. The van der Waals surface area contributed by atoms with Gasteiger partial charge in [0.05, 0.1) is 11.5 Å². The van der Waals surface area contributed by atoms with E-state index in [-0.39, 0.29) is 11.5 Å². The maximum absolute atomic E-state index is 11.5. The Labute approximate surface area is 142 Å². The highest BCUT2D eigenvalue weighted by molar-refractivity contribution is 7.86. The van der Waals surface area contributed by atoms with Crippen LogP contribution in [0.25, 0.3) is 10.9 Å². The maximum atomic E-state index is 11.5. The number of rotatable bonds is 5. The number of aromatic nitrogens is 1. The van der Waals surface area contributed by atoms with Crippen molar-refractivity contribution in [2.45, 2.75) is 24.7 Å². The second-order valence-electron chi connectivity index (χ2n) is 5.25. The third kappa shape index (κ3) is 5.11. The summed E-state index contributed by atoms with van der Waals surface area (Å²) in [5.41, 5.74) is 6.63. The van der Waals surface area contributed by atoms with Crippen LogP contribution < -0.4 is 5.73 Å². The highest BCUT2D eigenvalue weighted by Gasteiger charge is 2.13. The number of nitrogens with one attached hydrogen (secondary N) is 1. The van der Waals surface area contributed by atoms with Crippen LogP contribution >= 0.6 is 0 Å². The molecular formula is C18H22N2O3S. The molecule has 0 spiro atoms. The molecule has 6 heteroatoms. The number of anilines is 1. The van der Waals surface area contributed by atoms with Crippen LogP contribution in [0.1, 0.15) is 19.8 Å². The maximum Gasteiger partial charge on any atom is 0.296 e. The number of para-hydroxylation sites is 1. The molecule has 0 aliphatic heterocycles. The summed E-state index contributed by atoms with van der Waals surface area (Å²) >= 11 is 0. The van der Waals surface area contributed by atoms with Crippen LogP contribution in [0.3, 0.4) is 0 Å². The molecule has 3 N–H and O–H groups in total. The lowest BCUT2D eigenvalue weighted by Crippen LogP contribution is -2.07. The average Bonchev–Trinajstić information content (AvgIpc) is 2.96. The molecule has 0 fully saturated rings. The highest BCUT2D eigenvalue weighted by Crippen LogP contribution is 2.15. The van der Waals surface area contributed by atoms with Gasteiger partial charge in [-0.2, -0.15) is 8.42 Å². The predicted molar refractivity (Wildman–Crippen MR) is 97.2 cm³/mol. The summed E-state index contributed by atoms with van der Waals surface area (Å²) in [6.07, 6.45) is 1.68. The normalized spacial score (nSPS) is 11.0. The molecule has 0 aliphatic carbocycles. The minimum atomic E-state index is -3.53. The van der Waals surface area contributed by atoms with Gasteiger partial charge in [0.15, 0.2) is 0 Å². The smallest absolute Gasteiger partial charge is 0.296 e. The molecule has 0 saturated heterocycles. The number of aromatic amines is 1. The molecule has 5 nitrogen and oxygen atoms in total. The third-order valence-electron chi connectivity index (χ3n) is 3.32. The first-order chi connectivity index (χ1) is 11.5. The van der Waals surface area contributed by atoms with E-state index < -0.39 is 10.1 Å². The Hall–Kier alpha value is -2.31. The topological polar surface area (TPSA) is 85.2 Å². The van der Waals surface area contributed by atoms with Crippen molar-refractivity contribution in [1.29, 1.82) is 0 Å². The van der Waals surface area contributed by atoms with Gasteiger partial charge in [-0.3, -0.25) is 4.18 Å². The fourth-order valence-electron chi connectivity index (χ4n) is 2.06. The second-order valence-corrected chi connectivity index (χ2v) is 6.87. The Balaban J connectivity index is 0.000000182.